The van der Waals surface area contributed by atoms with Gasteiger partial charge in [-0.25, -0.2) is 0 Å². The van der Waals surface area contributed by atoms with E-state index in [1.165, 1.54) is 0 Å². The molecule has 4 aromatic rings. The van der Waals surface area contributed by atoms with Crippen LogP contribution in [0.4, 0.5) is 0 Å². The molecule has 0 aliphatic carbocycles. The SMILES string of the molecule is CN(C)CCCN1C(=O)c2oc3ccccc3c(=O)c2[C@H]1c1cccc(OCc2ccccc2)c1. The molecule has 178 valence electrons. The zero-order valence-electron chi connectivity index (χ0n) is 19.9. The highest BCUT2D eigenvalue weighted by Gasteiger charge is 2.42. The molecule has 0 saturated heterocycles. The number of rotatable bonds is 8. The lowest BCUT2D eigenvalue weighted by molar-refractivity contribution is 0.0722. The number of fused-ring (bicyclic) bond motifs is 2. The Hall–Kier alpha value is -3.90. The Morgan fingerprint density at radius 3 is 2.51 bits per heavy atom. The molecule has 0 saturated carbocycles. The molecule has 1 amide bonds. The van der Waals surface area contributed by atoms with Crippen LogP contribution in [0.5, 0.6) is 5.75 Å². The molecule has 3 aromatic carbocycles. The number of para-hydroxylation sites is 1. The van der Waals surface area contributed by atoms with Gasteiger partial charge in [0.05, 0.1) is 17.0 Å². The van der Waals surface area contributed by atoms with E-state index in [0.29, 0.717) is 35.4 Å². The van der Waals surface area contributed by atoms with Crippen molar-refractivity contribution in [2.45, 2.75) is 19.1 Å². The molecule has 5 rings (SSSR count). The topological polar surface area (TPSA) is 63.0 Å². The van der Waals surface area contributed by atoms with Crippen molar-refractivity contribution in [3.63, 3.8) is 0 Å². The zero-order chi connectivity index (χ0) is 24.4. The second-order valence-electron chi connectivity index (χ2n) is 9.07. The highest BCUT2D eigenvalue weighted by atomic mass is 16.5. The van der Waals surface area contributed by atoms with Gasteiger partial charge in [0.2, 0.25) is 5.76 Å². The summed E-state index contributed by atoms with van der Waals surface area (Å²) >= 11 is 0. The lowest BCUT2D eigenvalue weighted by Gasteiger charge is -2.26. The standard InChI is InChI=1S/C29H28N2O4/c1-30(2)16-9-17-31-26(21-12-8-13-22(18-21)34-19-20-10-4-3-5-11-20)25-27(32)23-14-6-7-15-24(23)35-28(25)29(31)33/h3-8,10-15,18,26H,9,16-17,19H2,1-2H3/t26-/m1/s1. The maximum absolute atomic E-state index is 13.6. The van der Waals surface area contributed by atoms with Crippen LogP contribution in [0.25, 0.3) is 11.0 Å². The van der Waals surface area contributed by atoms with Crippen molar-refractivity contribution < 1.29 is 13.9 Å². The number of carbonyl (C=O) groups excluding carboxylic acids is 1. The van der Waals surface area contributed by atoms with Gasteiger partial charge in [-0.1, -0.05) is 54.6 Å². The summed E-state index contributed by atoms with van der Waals surface area (Å²) in [4.78, 5) is 30.9. The van der Waals surface area contributed by atoms with Gasteiger partial charge in [0.25, 0.3) is 5.91 Å². The van der Waals surface area contributed by atoms with Gasteiger partial charge in [-0.2, -0.15) is 0 Å². The Balaban J connectivity index is 1.54. The van der Waals surface area contributed by atoms with Crippen LogP contribution in [-0.4, -0.2) is 42.9 Å². The number of nitrogens with zero attached hydrogens (tertiary/aromatic N) is 2. The summed E-state index contributed by atoms with van der Waals surface area (Å²) < 4.78 is 12.1. The molecule has 2 heterocycles. The summed E-state index contributed by atoms with van der Waals surface area (Å²) in [5.74, 6) is 0.576. The summed E-state index contributed by atoms with van der Waals surface area (Å²) in [5, 5.41) is 0.482. The summed E-state index contributed by atoms with van der Waals surface area (Å²) in [5.41, 5.74) is 2.56. The predicted octanol–water partition coefficient (Wildman–Crippen LogP) is 4.87. The Bertz CT molecular complexity index is 1410. The normalized spacial score (nSPS) is 15.1. The third kappa shape index (κ3) is 4.57. The first kappa shape index (κ1) is 22.9. The third-order valence-corrected chi connectivity index (χ3v) is 6.30. The lowest BCUT2D eigenvalue weighted by atomic mass is 9.98. The Morgan fingerprint density at radius 1 is 0.943 bits per heavy atom. The fourth-order valence-corrected chi connectivity index (χ4v) is 4.62. The fourth-order valence-electron chi connectivity index (χ4n) is 4.62. The van der Waals surface area contributed by atoms with E-state index >= 15 is 0 Å². The van der Waals surface area contributed by atoms with E-state index in [2.05, 4.69) is 4.90 Å². The van der Waals surface area contributed by atoms with Crippen molar-refractivity contribution in [2.75, 3.05) is 27.2 Å². The third-order valence-electron chi connectivity index (χ3n) is 6.30. The predicted molar refractivity (Wildman–Crippen MR) is 136 cm³/mol. The summed E-state index contributed by atoms with van der Waals surface area (Å²) in [7, 11) is 4.01. The maximum atomic E-state index is 13.6. The van der Waals surface area contributed by atoms with Crippen molar-refractivity contribution in [3.8, 4) is 5.75 Å². The van der Waals surface area contributed by atoms with Crippen molar-refractivity contribution in [1.29, 1.82) is 0 Å². The van der Waals surface area contributed by atoms with Gasteiger partial charge in [0, 0.05) is 6.54 Å². The van der Waals surface area contributed by atoms with E-state index in [4.69, 9.17) is 9.15 Å². The van der Waals surface area contributed by atoms with Crippen LogP contribution in [0.1, 0.15) is 39.7 Å². The average Bonchev–Trinajstić information content (AvgIpc) is 3.15. The van der Waals surface area contributed by atoms with Crippen LogP contribution in [-0.2, 0) is 6.61 Å². The largest absolute Gasteiger partial charge is 0.489 e. The molecule has 35 heavy (non-hydrogen) atoms. The molecule has 6 nitrogen and oxygen atoms in total. The first-order valence-corrected chi connectivity index (χ1v) is 11.8. The molecule has 0 bridgehead atoms. The number of benzene rings is 3. The molecule has 6 heteroatoms. The minimum absolute atomic E-state index is 0.138. The van der Waals surface area contributed by atoms with E-state index < -0.39 is 6.04 Å². The number of hydrogen-bond donors (Lipinski definition) is 0. The Labute approximate surface area is 204 Å². The molecule has 0 unspecified atom stereocenters. The number of carbonyl (C=O) groups is 1. The van der Waals surface area contributed by atoms with E-state index in [1.54, 1.807) is 23.1 Å². The van der Waals surface area contributed by atoms with Crippen LogP contribution in [0.2, 0.25) is 0 Å². The average molecular weight is 469 g/mol. The van der Waals surface area contributed by atoms with Gasteiger partial charge in [-0.15, -0.1) is 0 Å². The van der Waals surface area contributed by atoms with Crippen molar-refractivity contribution in [3.05, 3.63) is 112 Å². The van der Waals surface area contributed by atoms with Gasteiger partial charge >= 0.3 is 0 Å². The molecule has 0 spiro atoms. The molecule has 0 N–H and O–H groups in total. The second kappa shape index (κ2) is 9.76. The van der Waals surface area contributed by atoms with Crippen molar-refractivity contribution >= 4 is 16.9 Å². The molecule has 0 radical (unpaired) electrons. The molecule has 0 fully saturated rings. The van der Waals surface area contributed by atoms with Gasteiger partial charge in [-0.05, 0) is 62.5 Å². The van der Waals surface area contributed by atoms with Crippen LogP contribution in [0.15, 0.2) is 88.1 Å². The van der Waals surface area contributed by atoms with Crippen LogP contribution in [0.3, 0.4) is 0 Å². The summed E-state index contributed by atoms with van der Waals surface area (Å²) in [6.07, 6.45) is 0.779. The highest BCUT2D eigenvalue weighted by molar-refractivity contribution is 5.99. The smallest absolute Gasteiger partial charge is 0.290 e. The minimum Gasteiger partial charge on any atom is -0.489 e. The van der Waals surface area contributed by atoms with Gasteiger partial charge in [0.15, 0.2) is 5.43 Å². The lowest BCUT2D eigenvalue weighted by Crippen LogP contribution is -2.32. The van der Waals surface area contributed by atoms with Gasteiger partial charge in [0.1, 0.15) is 17.9 Å². The van der Waals surface area contributed by atoms with Gasteiger partial charge < -0.3 is 19.0 Å². The molecule has 1 aliphatic heterocycles. The zero-order valence-corrected chi connectivity index (χ0v) is 19.9. The molecule has 1 atom stereocenters. The molecule has 1 aromatic heterocycles. The second-order valence-corrected chi connectivity index (χ2v) is 9.07. The summed E-state index contributed by atoms with van der Waals surface area (Å²) in [6, 6.07) is 24.2. The van der Waals surface area contributed by atoms with Crippen molar-refractivity contribution in [2.24, 2.45) is 0 Å². The molecule has 1 aliphatic rings. The monoisotopic (exact) mass is 468 g/mol. The van der Waals surface area contributed by atoms with E-state index in [9.17, 15) is 9.59 Å². The minimum atomic E-state index is -0.527. The Morgan fingerprint density at radius 2 is 1.71 bits per heavy atom. The van der Waals surface area contributed by atoms with Gasteiger partial charge in [-0.3, -0.25) is 9.59 Å². The van der Waals surface area contributed by atoms with Crippen molar-refractivity contribution in [1.82, 2.24) is 9.80 Å². The van der Waals surface area contributed by atoms with E-state index in [1.807, 2.05) is 74.8 Å². The quantitative estimate of drug-likeness (QED) is 0.369. The number of hydrogen-bond acceptors (Lipinski definition) is 5. The highest BCUT2D eigenvalue weighted by Crippen LogP contribution is 2.39. The van der Waals surface area contributed by atoms with Crippen LogP contribution in [0, 0.1) is 0 Å². The van der Waals surface area contributed by atoms with E-state index in [-0.39, 0.29) is 17.1 Å². The Kier molecular flexibility index (Phi) is 6.38. The summed E-state index contributed by atoms with van der Waals surface area (Å²) in [6.45, 7) is 1.77. The van der Waals surface area contributed by atoms with Crippen LogP contribution >= 0.6 is 0 Å². The van der Waals surface area contributed by atoms with E-state index in [0.717, 1.165) is 24.1 Å². The maximum Gasteiger partial charge on any atom is 0.290 e. The molecular weight excluding hydrogens is 440 g/mol. The van der Waals surface area contributed by atoms with Crippen LogP contribution < -0.4 is 10.2 Å². The number of ether oxygens (including phenoxy) is 1. The first-order valence-electron chi connectivity index (χ1n) is 11.8. The molecular formula is C29H28N2O4. The number of amides is 1. The first-order chi connectivity index (χ1) is 17.0. The fraction of sp³-hybridized carbons (Fsp3) is 0.241.